The van der Waals surface area contributed by atoms with Crippen LogP contribution in [-0.4, -0.2) is 59.7 Å². The van der Waals surface area contributed by atoms with E-state index in [1.807, 2.05) is 23.5 Å². The van der Waals surface area contributed by atoms with Crippen LogP contribution >= 0.6 is 0 Å². The van der Waals surface area contributed by atoms with Crippen molar-refractivity contribution in [1.29, 1.82) is 0 Å². The van der Waals surface area contributed by atoms with Crippen molar-refractivity contribution >= 4 is 38.7 Å². The van der Waals surface area contributed by atoms with Crippen molar-refractivity contribution in [3.05, 3.63) is 42.5 Å². The number of methoxy groups -OCH3 is 1. The average Bonchev–Trinajstić information content (AvgIpc) is 2.72. The first-order chi connectivity index (χ1) is 14.3. The number of fused-ring (bicyclic) bond motifs is 1. The van der Waals surface area contributed by atoms with E-state index in [-0.39, 0.29) is 31.0 Å². The van der Waals surface area contributed by atoms with Crippen molar-refractivity contribution in [2.45, 2.75) is 11.3 Å². The van der Waals surface area contributed by atoms with Crippen LogP contribution in [0, 0.1) is 0 Å². The van der Waals surface area contributed by atoms with Crippen LogP contribution in [0.4, 0.5) is 4.79 Å². The first-order valence-electron chi connectivity index (χ1n) is 9.02. The molecule has 0 aromatic heterocycles. The Hall–Kier alpha value is -3.02. The van der Waals surface area contributed by atoms with Gasteiger partial charge < -0.3 is 14.8 Å². The van der Waals surface area contributed by atoms with Crippen LogP contribution in [0.2, 0.25) is 0 Å². The van der Waals surface area contributed by atoms with Gasteiger partial charge in [-0.15, -0.1) is 0 Å². The number of hydrogen-bond acceptors (Lipinski definition) is 7. The van der Waals surface area contributed by atoms with Crippen LogP contribution < -0.4 is 15.4 Å². The molecule has 0 unspecified atom stereocenters. The van der Waals surface area contributed by atoms with Gasteiger partial charge in [0.1, 0.15) is 0 Å². The fraction of sp³-hybridized carbons (Fsp3) is 0.316. The minimum absolute atomic E-state index is 0.0773. The van der Waals surface area contributed by atoms with Gasteiger partial charge in [-0.3, -0.25) is 14.9 Å². The normalized spacial score (nSPS) is 11.1. The number of ether oxygens (including phenoxy) is 2. The molecule has 0 radical (unpaired) electrons. The van der Waals surface area contributed by atoms with E-state index in [4.69, 9.17) is 9.47 Å². The Morgan fingerprint density at radius 3 is 2.47 bits per heavy atom. The summed E-state index contributed by atoms with van der Waals surface area (Å²) in [5, 5.41) is 6.03. The third-order valence-electron chi connectivity index (χ3n) is 3.86. The lowest BCUT2D eigenvalue weighted by molar-refractivity contribution is -0.148. The predicted octanol–water partition coefficient (Wildman–Crippen LogP) is 0.524. The summed E-state index contributed by atoms with van der Waals surface area (Å²) in [5.74, 6) is -1.60. The maximum Gasteiger partial charge on any atom is 0.321 e. The summed E-state index contributed by atoms with van der Waals surface area (Å²) < 4.78 is 36.5. The molecule has 3 N–H and O–H groups in total. The number of imide groups is 1. The van der Waals surface area contributed by atoms with Gasteiger partial charge in [-0.25, -0.2) is 17.9 Å². The van der Waals surface area contributed by atoms with E-state index in [0.717, 1.165) is 10.8 Å². The molecule has 2 aromatic carbocycles. The third-order valence-corrected chi connectivity index (χ3v) is 5.32. The summed E-state index contributed by atoms with van der Waals surface area (Å²) in [6, 6.07) is 11.3. The molecule has 0 aliphatic heterocycles. The Morgan fingerprint density at radius 1 is 1.00 bits per heavy atom. The molecule has 162 valence electrons. The minimum Gasteiger partial charge on any atom is -0.456 e. The Balaban J connectivity index is 1.73. The van der Waals surface area contributed by atoms with Gasteiger partial charge in [0.05, 0.1) is 17.9 Å². The van der Waals surface area contributed by atoms with Crippen molar-refractivity contribution in [2.75, 3.05) is 33.4 Å². The Labute approximate surface area is 174 Å². The number of carbonyl (C=O) groups is 3. The fourth-order valence-corrected chi connectivity index (χ4v) is 3.46. The molecule has 0 saturated heterocycles. The highest BCUT2D eigenvalue weighted by Gasteiger charge is 2.16. The molecular weight excluding hydrogens is 414 g/mol. The molecular formula is C19H23N3O7S. The highest BCUT2D eigenvalue weighted by molar-refractivity contribution is 7.89. The number of hydrogen-bond donors (Lipinski definition) is 3. The van der Waals surface area contributed by atoms with Gasteiger partial charge in [0.2, 0.25) is 10.0 Å². The fourth-order valence-electron chi connectivity index (χ4n) is 2.40. The lowest BCUT2D eigenvalue weighted by Gasteiger charge is -2.09. The molecule has 30 heavy (non-hydrogen) atoms. The second-order valence-corrected chi connectivity index (χ2v) is 7.88. The molecule has 3 amide bonds. The molecule has 0 aliphatic carbocycles. The lowest BCUT2D eigenvalue weighted by Crippen LogP contribution is -2.42. The van der Waals surface area contributed by atoms with E-state index in [9.17, 15) is 22.8 Å². The van der Waals surface area contributed by atoms with E-state index in [2.05, 4.69) is 10.0 Å². The summed E-state index contributed by atoms with van der Waals surface area (Å²) >= 11 is 0. The van der Waals surface area contributed by atoms with Crippen molar-refractivity contribution in [1.82, 2.24) is 15.4 Å². The summed E-state index contributed by atoms with van der Waals surface area (Å²) in [7, 11) is -2.34. The van der Waals surface area contributed by atoms with Crippen LogP contribution in [0.15, 0.2) is 47.4 Å². The van der Waals surface area contributed by atoms with Crippen LogP contribution in [0.5, 0.6) is 0 Å². The SMILES string of the molecule is COCCNC(=O)NC(=O)COC(=O)CCNS(=O)(=O)c1ccc2ccccc2c1. The lowest BCUT2D eigenvalue weighted by atomic mass is 10.1. The van der Waals surface area contributed by atoms with Crippen molar-refractivity contribution in [3.8, 4) is 0 Å². The number of rotatable bonds is 10. The summed E-state index contributed by atoms with van der Waals surface area (Å²) in [6.07, 6.45) is -0.278. The molecule has 0 atom stereocenters. The van der Waals surface area contributed by atoms with Crippen molar-refractivity contribution in [2.24, 2.45) is 0 Å². The Morgan fingerprint density at radius 2 is 1.73 bits per heavy atom. The largest absolute Gasteiger partial charge is 0.456 e. The molecule has 0 bridgehead atoms. The summed E-state index contributed by atoms with van der Waals surface area (Å²) in [5.41, 5.74) is 0. The number of carbonyl (C=O) groups excluding carboxylic acids is 3. The first kappa shape index (κ1) is 23.3. The molecule has 2 aromatic rings. The van der Waals surface area contributed by atoms with Crippen molar-refractivity contribution < 1.29 is 32.3 Å². The van der Waals surface area contributed by atoms with Crippen LogP contribution in [-0.2, 0) is 29.1 Å². The molecule has 0 fully saturated rings. The van der Waals surface area contributed by atoms with E-state index in [1.54, 1.807) is 12.1 Å². The van der Waals surface area contributed by atoms with Crippen LogP contribution in [0.1, 0.15) is 6.42 Å². The van der Waals surface area contributed by atoms with Gasteiger partial charge in [-0.1, -0.05) is 30.3 Å². The second kappa shape index (κ2) is 11.2. The van der Waals surface area contributed by atoms with Crippen LogP contribution in [0.3, 0.4) is 0 Å². The number of sulfonamides is 1. The monoisotopic (exact) mass is 437 g/mol. The number of esters is 1. The zero-order chi connectivity index (χ0) is 22.0. The van der Waals surface area contributed by atoms with E-state index < -0.39 is 34.5 Å². The van der Waals surface area contributed by atoms with Crippen molar-refractivity contribution in [3.63, 3.8) is 0 Å². The highest BCUT2D eigenvalue weighted by atomic mass is 32.2. The molecule has 0 spiro atoms. The summed E-state index contributed by atoms with van der Waals surface area (Å²) in [4.78, 5) is 34.6. The quantitative estimate of drug-likeness (QED) is 0.364. The molecule has 2 rings (SSSR count). The minimum atomic E-state index is -3.81. The number of nitrogens with one attached hydrogen (secondary N) is 3. The molecule has 0 saturated carbocycles. The van der Waals surface area contributed by atoms with Gasteiger partial charge in [0.25, 0.3) is 5.91 Å². The zero-order valence-electron chi connectivity index (χ0n) is 16.3. The number of amides is 3. The number of urea groups is 1. The third kappa shape index (κ3) is 7.43. The smallest absolute Gasteiger partial charge is 0.321 e. The van der Waals surface area contributed by atoms with Gasteiger partial charge in [0, 0.05) is 20.2 Å². The standard InChI is InChI=1S/C19H23N3O7S/c1-28-11-10-20-19(25)22-17(23)13-29-18(24)8-9-21-30(26,27)16-7-6-14-4-2-3-5-15(14)12-16/h2-7,12,21H,8-11,13H2,1H3,(H2,20,22,23,25). The number of benzene rings is 2. The second-order valence-electron chi connectivity index (χ2n) is 6.11. The van der Waals surface area contributed by atoms with E-state index in [1.165, 1.54) is 19.2 Å². The molecule has 0 aliphatic rings. The highest BCUT2D eigenvalue weighted by Crippen LogP contribution is 2.18. The van der Waals surface area contributed by atoms with Gasteiger partial charge in [0.15, 0.2) is 6.61 Å². The van der Waals surface area contributed by atoms with Gasteiger partial charge >= 0.3 is 12.0 Å². The molecule has 11 heteroatoms. The Bertz CT molecular complexity index is 1010. The topological polar surface area (TPSA) is 140 Å². The maximum absolute atomic E-state index is 12.4. The molecule has 0 heterocycles. The summed E-state index contributed by atoms with van der Waals surface area (Å²) in [6.45, 7) is -0.362. The van der Waals surface area contributed by atoms with Gasteiger partial charge in [-0.2, -0.15) is 0 Å². The predicted molar refractivity (Wildman–Crippen MR) is 108 cm³/mol. The average molecular weight is 437 g/mol. The van der Waals surface area contributed by atoms with Crippen LogP contribution in [0.25, 0.3) is 10.8 Å². The van der Waals surface area contributed by atoms with Gasteiger partial charge in [-0.05, 0) is 22.9 Å². The van der Waals surface area contributed by atoms with E-state index in [0.29, 0.717) is 0 Å². The maximum atomic E-state index is 12.4. The first-order valence-corrected chi connectivity index (χ1v) is 10.5. The zero-order valence-corrected chi connectivity index (χ0v) is 17.2. The Kier molecular flexibility index (Phi) is 8.71. The van der Waals surface area contributed by atoms with E-state index >= 15 is 0 Å². The molecule has 10 nitrogen and oxygen atoms in total.